The molecule has 0 fully saturated rings. The number of hydrogen-bond acceptors (Lipinski definition) is 4. The van der Waals surface area contributed by atoms with Crippen molar-refractivity contribution in [3.63, 3.8) is 0 Å². The first-order valence-electron chi connectivity index (χ1n) is 9.90. The van der Waals surface area contributed by atoms with Crippen LogP contribution >= 0.6 is 11.6 Å². The molecule has 30 heavy (non-hydrogen) atoms. The summed E-state index contributed by atoms with van der Waals surface area (Å²) < 4.78 is 5.31. The summed E-state index contributed by atoms with van der Waals surface area (Å²) in [5, 5.41) is 9.86. The van der Waals surface area contributed by atoms with E-state index in [9.17, 15) is 0 Å². The number of amidine groups is 1. The van der Waals surface area contributed by atoms with Crippen molar-refractivity contribution < 1.29 is 4.74 Å². The second kappa shape index (κ2) is 9.13. The molecule has 5 heteroatoms. The van der Waals surface area contributed by atoms with Gasteiger partial charge in [0, 0.05) is 36.4 Å². The predicted octanol–water partition coefficient (Wildman–Crippen LogP) is 5.73. The second-order valence-corrected chi connectivity index (χ2v) is 7.62. The topological polar surface area (TPSA) is 48.6 Å². The van der Waals surface area contributed by atoms with Crippen molar-refractivity contribution >= 4 is 23.1 Å². The molecule has 1 unspecified atom stereocenters. The minimum absolute atomic E-state index is 0.0140. The number of nitrogens with zero attached hydrogens (tertiary/aromatic N) is 3. The summed E-state index contributed by atoms with van der Waals surface area (Å²) in [7, 11) is 1.72. The molecule has 0 bridgehead atoms. The molecule has 0 amide bonds. The van der Waals surface area contributed by atoms with E-state index in [-0.39, 0.29) is 6.04 Å². The summed E-state index contributed by atoms with van der Waals surface area (Å²) in [6.45, 7) is 1.44. The summed E-state index contributed by atoms with van der Waals surface area (Å²) in [5.74, 6) is 0.888. The summed E-state index contributed by atoms with van der Waals surface area (Å²) in [4.78, 5) is 7.32. The maximum Gasteiger partial charge on any atom is 0.137 e. The summed E-state index contributed by atoms with van der Waals surface area (Å²) in [6.07, 6.45) is 0.866. The van der Waals surface area contributed by atoms with Crippen LogP contribution in [0.4, 0.5) is 5.69 Å². The van der Waals surface area contributed by atoms with Gasteiger partial charge in [-0.3, -0.25) is 0 Å². The van der Waals surface area contributed by atoms with E-state index in [4.69, 9.17) is 26.6 Å². The van der Waals surface area contributed by atoms with Crippen molar-refractivity contribution in [3.05, 3.63) is 100 Å². The molecule has 0 saturated carbocycles. The lowest BCUT2D eigenvalue weighted by Crippen LogP contribution is -2.39. The highest BCUT2D eigenvalue weighted by atomic mass is 35.5. The van der Waals surface area contributed by atoms with Crippen molar-refractivity contribution in [1.82, 2.24) is 4.90 Å². The van der Waals surface area contributed by atoms with Crippen molar-refractivity contribution in [2.75, 3.05) is 20.3 Å². The maximum atomic E-state index is 9.16. The Morgan fingerprint density at radius 2 is 1.83 bits per heavy atom. The summed E-state index contributed by atoms with van der Waals surface area (Å²) in [5.41, 5.74) is 4.79. The monoisotopic (exact) mass is 415 g/mol. The van der Waals surface area contributed by atoms with Crippen LogP contribution in [0, 0.1) is 11.3 Å². The van der Waals surface area contributed by atoms with Crippen LogP contribution in [0.25, 0.3) is 0 Å². The van der Waals surface area contributed by atoms with Gasteiger partial charge in [-0.05, 0) is 54.4 Å². The van der Waals surface area contributed by atoms with Gasteiger partial charge in [0.25, 0.3) is 0 Å². The lowest BCUT2D eigenvalue weighted by Gasteiger charge is -2.39. The van der Waals surface area contributed by atoms with Crippen LogP contribution in [0.1, 0.15) is 34.7 Å². The van der Waals surface area contributed by atoms with Crippen LogP contribution in [0.2, 0.25) is 5.02 Å². The van der Waals surface area contributed by atoms with E-state index in [2.05, 4.69) is 35.2 Å². The molecule has 4 nitrogen and oxygen atoms in total. The molecule has 0 aromatic heterocycles. The number of rotatable bonds is 6. The molecule has 1 aliphatic heterocycles. The van der Waals surface area contributed by atoms with E-state index < -0.39 is 0 Å². The van der Waals surface area contributed by atoms with Crippen LogP contribution < -0.4 is 0 Å². The van der Waals surface area contributed by atoms with Crippen molar-refractivity contribution in [1.29, 1.82) is 5.26 Å². The Bertz CT molecular complexity index is 1090. The third-order valence-electron chi connectivity index (χ3n) is 5.23. The SMILES string of the molecule is COCCCN1C(c2ccc(C#N)cc2)=Nc2ccc(Cl)cc2C1c1ccccc1. The molecule has 0 aliphatic carbocycles. The quantitative estimate of drug-likeness (QED) is 0.483. The minimum atomic E-state index is -0.0140. The number of nitriles is 1. The summed E-state index contributed by atoms with van der Waals surface area (Å²) >= 11 is 6.37. The van der Waals surface area contributed by atoms with Crippen molar-refractivity contribution in [2.45, 2.75) is 12.5 Å². The molecule has 0 N–H and O–H groups in total. The smallest absolute Gasteiger partial charge is 0.137 e. The molecule has 150 valence electrons. The molecule has 3 aromatic rings. The van der Waals surface area contributed by atoms with Gasteiger partial charge in [0.15, 0.2) is 0 Å². The van der Waals surface area contributed by atoms with Crippen LogP contribution in [-0.2, 0) is 4.74 Å². The highest BCUT2D eigenvalue weighted by molar-refractivity contribution is 6.30. The third-order valence-corrected chi connectivity index (χ3v) is 5.46. The zero-order chi connectivity index (χ0) is 20.9. The Labute approximate surface area is 182 Å². The van der Waals surface area contributed by atoms with Crippen LogP contribution in [-0.4, -0.2) is 31.0 Å². The van der Waals surface area contributed by atoms with Gasteiger partial charge in [0.1, 0.15) is 5.84 Å². The van der Waals surface area contributed by atoms with Crippen LogP contribution in [0.15, 0.2) is 77.8 Å². The normalized spacial score (nSPS) is 15.3. The van der Waals surface area contributed by atoms with Gasteiger partial charge in [0.05, 0.1) is 23.4 Å². The Morgan fingerprint density at radius 3 is 2.53 bits per heavy atom. The molecule has 0 spiro atoms. The lowest BCUT2D eigenvalue weighted by molar-refractivity contribution is 0.182. The molecular formula is C25H22ClN3O. The zero-order valence-corrected chi connectivity index (χ0v) is 17.5. The number of ether oxygens (including phenoxy) is 1. The first-order chi connectivity index (χ1) is 14.7. The van der Waals surface area contributed by atoms with E-state index in [1.54, 1.807) is 7.11 Å². The van der Waals surface area contributed by atoms with Crippen molar-refractivity contribution in [3.8, 4) is 6.07 Å². The Hall–Kier alpha value is -3.13. The Kier molecular flexibility index (Phi) is 6.13. The molecular weight excluding hydrogens is 394 g/mol. The lowest BCUT2D eigenvalue weighted by atomic mass is 9.92. The van der Waals surface area contributed by atoms with E-state index in [1.807, 2.05) is 48.5 Å². The van der Waals surface area contributed by atoms with Crippen LogP contribution in [0.3, 0.4) is 0 Å². The summed E-state index contributed by atoms with van der Waals surface area (Å²) in [6, 6.07) is 26.0. The first-order valence-corrected chi connectivity index (χ1v) is 10.3. The maximum absolute atomic E-state index is 9.16. The van der Waals surface area contributed by atoms with Gasteiger partial charge >= 0.3 is 0 Å². The van der Waals surface area contributed by atoms with E-state index >= 15 is 0 Å². The van der Waals surface area contributed by atoms with Crippen molar-refractivity contribution in [2.24, 2.45) is 4.99 Å². The zero-order valence-electron chi connectivity index (χ0n) is 16.8. The number of benzene rings is 3. The predicted molar refractivity (Wildman–Crippen MR) is 120 cm³/mol. The van der Waals surface area contributed by atoms with Gasteiger partial charge < -0.3 is 9.64 Å². The molecule has 0 radical (unpaired) electrons. The first kappa shape index (κ1) is 20.2. The number of aliphatic imine (C=N–C) groups is 1. The molecule has 0 saturated heterocycles. The minimum Gasteiger partial charge on any atom is -0.385 e. The Balaban J connectivity index is 1.87. The average Bonchev–Trinajstić information content (AvgIpc) is 2.79. The molecule has 4 rings (SSSR count). The molecule has 1 aliphatic rings. The number of methoxy groups -OCH3 is 1. The number of fused-ring (bicyclic) bond motifs is 1. The van der Waals surface area contributed by atoms with Gasteiger partial charge in [0.2, 0.25) is 0 Å². The second-order valence-electron chi connectivity index (χ2n) is 7.18. The average molecular weight is 416 g/mol. The highest BCUT2D eigenvalue weighted by Crippen LogP contribution is 2.41. The number of halogens is 1. The van der Waals surface area contributed by atoms with Gasteiger partial charge in [-0.2, -0.15) is 5.26 Å². The molecule has 1 atom stereocenters. The van der Waals surface area contributed by atoms with E-state index in [0.29, 0.717) is 17.2 Å². The fourth-order valence-corrected chi connectivity index (χ4v) is 4.03. The highest BCUT2D eigenvalue weighted by Gasteiger charge is 2.31. The van der Waals surface area contributed by atoms with E-state index in [0.717, 1.165) is 35.6 Å². The van der Waals surface area contributed by atoms with Gasteiger partial charge in [-0.1, -0.05) is 41.9 Å². The Morgan fingerprint density at radius 1 is 1.07 bits per heavy atom. The van der Waals surface area contributed by atoms with Gasteiger partial charge in [-0.25, -0.2) is 4.99 Å². The molecule has 3 aromatic carbocycles. The number of hydrogen-bond donors (Lipinski definition) is 0. The third kappa shape index (κ3) is 4.09. The molecule has 1 heterocycles. The standard InChI is InChI=1S/C25H22ClN3O/c1-30-15-5-14-29-24(19-6-3-2-4-7-19)22-16-21(26)12-13-23(22)28-25(29)20-10-8-18(17-27)9-11-20/h2-4,6-13,16,24H,5,14-15H2,1H3. The van der Waals surface area contributed by atoms with Gasteiger partial charge in [-0.15, -0.1) is 0 Å². The van der Waals surface area contributed by atoms with Crippen LogP contribution in [0.5, 0.6) is 0 Å². The fraction of sp³-hybridized carbons (Fsp3) is 0.200. The largest absolute Gasteiger partial charge is 0.385 e. The fourth-order valence-electron chi connectivity index (χ4n) is 3.85. The van der Waals surface area contributed by atoms with E-state index in [1.165, 1.54) is 5.56 Å².